The number of hydrogen-bond acceptors (Lipinski definition) is 4. The summed E-state index contributed by atoms with van der Waals surface area (Å²) in [7, 11) is 0. The van der Waals surface area contributed by atoms with Crippen LogP contribution < -0.4 is 0 Å². The highest BCUT2D eigenvalue weighted by Crippen LogP contribution is 2.37. The minimum absolute atomic E-state index is 0.538. The number of unbranched alkanes of at least 4 members (excludes halogenated alkanes) is 4. The molecule has 1 N–H and O–H groups in total. The van der Waals surface area contributed by atoms with Crippen LogP contribution in [-0.2, 0) is 11.2 Å². The lowest BCUT2D eigenvalue weighted by Gasteiger charge is -2.19. The fourth-order valence-corrected chi connectivity index (χ4v) is 3.83. The van der Waals surface area contributed by atoms with Gasteiger partial charge in [0.1, 0.15) is 6.29 Å². The predicted molar refractivity (Wildman–Crippen MR) is 118 cm³/mol. The maximum Gasteiger partial charge on any atom is 0.119 e. The molecule has 1 fully saturated rings. The third kappa shape index (κ3) is 11.3. The van der Waals surface area contributed by atoms with Crippen molar-refractivity contribution in [3.05, 3.63) is 24.2 Å². The quantitative estimate of drug-likeness (QED) is 0.184. The number of nitrogens with zero attached hydrogens (tertiary/aromatic N) is 1. The Labute approximate surface area is 172 Å². The van der Waals surface area contributed by atoms with Crippen molar-refractivity contribution < 1.29 is 14.4 Å². The molecular formula is C24H43NO3. The second-order valence-corrected chi connectivity index (χ2v) is 7.30. The van der Waals surface area contributed by atoms with Gasteiger partial charge in [0.15, 0.2) is 0 Å². The number of hydrogen-bond donors (Lipinski definition) is 1. The Balaban J connectivity index is 0.00000108. The average molecular weight is 394 g/mol. The zero-order chi connectivity index (χ0) is 21.0. The molecule has 1 heterocycles. The van der Waals surface area contributed by atoms with E-state index < -0.39 is 0 Å². The van der Waals surface area contributed by atoms with Crippen LogP contribution in [0, 0.1) is 11.8 Å². The fraction of sp³-hybridized carbons (Fsp3) is 0.750. The first-order valence-electron chi connectivity index (χ1n) is 11.4. The molecule has 0 spiro atoms. The maximum absolute atomic E-state index is 9.23. The smallest absolute Gasteiger partial charge is 0.119 e. The molecule has 0 amide bonds. The maximum atomic E-state index is 9.23. The number of carbonyl (C=O) groups is 1. The molecule has 0 aliphatic heterocycles. The molecule has 4 nitrogen and oxygen atoms in total. The molecular weight excluding hydrogens is 350 g/mol. The van der Waals surface area contributed by atoms with E-state index in [9.17, 15) is 10.0 Å². The highest BCUT2D eigenvalue weighted by atomic mass is 16.4. The van der Waals surface area contributed by atoms with Gasteiger partial charge < -0.3 is 14.4 Å². The second-order valence-electron chi connectivity index (χ2n) is 7.30. The lowest BCUT2D eigenvalue weighted by atomic mass is 9.86. The van der Waals surface area contributed by atoms with E-state index in [2.05, 4.69) is 18.1 Å². The number of furan rings is 1. The summed E-state index contributed by atoms with van der Waals surface area (Å²) in [4.78, 5) is 9.17. The van der Waals surface area contributed by atoms with Gasteiger partial charge in [-0.25, -0.2) is 0 Å². The van der Waals surface area contributed by atoms with Crippen molar-refractivity contribution in [3.63, 3.8) is 0 Å². The zero-order valence-corrected chi connectivity index (χ0v) is 18.7. The summed E-state index contributed by atoms with van der Waals surface area (Å²) in [6.45, 7) is 8.07. The fourth-order valence-electron chi connectivity index (χ4n) is 3.83. The van der Waals surface area contributed by atoms with Gasteiger partial charge in [0.25, 0.3) is 0 Å². The third-order valence-electron chi connectivity index (χ3n) is 5.30. The van der Waals surface area contributed by atoms with Crippen LogP contribution in [-0.4, -0.2) is 17.2 Å². The third-order valence-corrected chi connectivity index (χ3v) is 5.30. The van der Waals surface area contributed by atoms with Crippen molar-refractivity contribution in [2.24, 2.45) is 17.0 Å². The van der Waals surface area contributed by atoms with Crippen molar-refractivity contribution in [1.29, 1.82) is 0 Å². The first-order valence-corrected chi connectivity index (χ1v) is 11.4. The molecule has 28 heavy (non-hydrogen) atoms. The number of aldehydes is 1. The molecule has 1 aliphatic rings. The van der Waals surface area contributed by atoms with E-state index in [1.54, 1.807) is 6.26 Å². The summed E-state index contributed by atoms with van der Waals surface area (Å²) >= 11 is 0. The molecule has 0 aromatic carbocycles. The van der Waals surface area contributed by atoms with Crippen LogP contribution in [0.1, 0.15) is 104 Å². The summed E-state index contributed by atoms with van der Waals surface area (Å²) in [5.41, 5.74) is 2.37. The molecule has 2 rings (SSSR count). The first-order chi connectivity index (χ1) is 13.8. The van der Waals surface area contributed by atoms with Crippen LogP contribution in [0.3, 0.4) is 0 Å². The molecule has 0 saturated heterocycles. The largest absolute Gasteiger partial charge is 0.472 e. The zero-order valence-electron chi connectivity index (χ0n) is 18.7. The molecule has 0 bridgehead atoms. The molecule has 1 aliphatic carbocycles. The van der Waals surface area contributed by atoms with Gasteiger partial charge in [-0.2, -0.15) is 0 Å². The van der Waals surface area contributed by atoms with Crippen molar-refractivity contribution in [1.82, 2.24) is 0 Å². The van der Waals surface area contributed by atoms with Crippen molar-refractivity contribution in [3.8, 4) is 0 Å². The monoisotopic (exact) mass is 393 g/mol. The number of aryl methyl sites for hydroxylation is 1. The Kier molecular flexibility index (Phi) is 17.7. The van der Waals surface area contributed by atoms with Gasteiger partial charge in [-0.3, -0.25) is 0 Å². The molecule has 1 saturated carbocycles. The van der Waals surface area contributed by atoms with Crippen LogP contribution >= 0.6 is 0 Å². The van der Waals surface area contributed by atoms with E-state index in [1.807, 2.05) is 27.0 Å². The highest BCUT2D eigenvalue weighted by molar-refractivity contribution is 5.88. The second kappa shape index (κ2) is 18.8. The first kappa shape index (κ1) is 26.4. The van der Waals surface area contributed by atoms with Gasteiger partial charge in [-0.1, -0.05) is 65.0 Å². The topological polar surface area (TPSA) is 62.8 Å². The summed E-state index contributed by atoms with van der Waals surface area (Å²) in [6.07, 6.45) is 18.6. The molecule has 1 aromatic rings. The number of rotatable bonds is 11. The Bertz CT molecular complexity index is 482. The SMILES string of the molecule is CC.CCC=O.CCCCC[C@H]1CC/C(=N/O)[C@@H]1CCCCCc1ccoc1. The number of oxime groups is 1. The Morgan fingerprint density at radius 3 is 2.43 bits per heavy atom. The Hall–Kier alpha value is -1.58. The summed E-state index contributed by atoms with van der Waals surface area (Å²) in [5, 5.41) is 12.8. The molecule has 4 heteroatoms. The lowest BCUT2D eigenvalue weighted by molar-refractivity contribution is -0.107. The molecule has 162 valence electrons. The van der Waals surface area contributed by atoms with Crippen molar-refractivity contribution in [2.45, 2.75) is 105 Å². The predicted octanol–water partition coefficient (Wildman–Crippen LogP) is 7.44. The molecule has 0 radical (unpaired) electrons. The van der Waals surface area contributed by atoms with Crippen LogP contribution in [0.5, 0.6) is 0 Å². The Morgan fingerprint density at radius 1 is 1.14 bits per heavy atom. The van der Waals surface area contributed by atoms with Gasteiger partial charge in [0.05, 0.1) is 18.2 Å². The van der Waals surface area contributed by atoms with Crippen molar-refractivity contribution in [2.75, 3.05) is 0 Å². The highest BCUT2D eigenvalue weighted by Gasteiger charge is 2.32. The van der Waals surface area contributed by atoms with E-state index in [4.69, 9.17) is 4.42 Å². The standard InChI is InChI=1S/C19H31NO2.C3H6O.C2H6/c1-2-3-5-9-17-11-12-19(20-21)18(17)10-7-4-6-8-16-13-14-22-15-16;1-2-3-4;1-2/h13-15,17-18,21H,2-12H2,1H3;3H,2H2,1H3;1-2H3/b20-19-;;/t17-,18+;;/m0../s1. The normalized spacial score (nSPS) is 19.5. The average Bonchev–Trinajstić information content (AvgIpc) is 3.39. The molecule has 1 aromatic heterocycles. The van der Waals surface area contributed by atoms with Gasteiger partial charge in [0, 0.05) is 12.3 Å². The van der Waals surface area contributed by atoms with Crippen LogP contribution in [0.4, 0.5) is 0 Å². The Morgan fingerprint density at radius 2 is 1.86 bits per heavy atom. The summed E-state index contributed by atoms with van der Waals surface area (Å²) in [5.74, 6) is 1.29. The summed E-state index contributed by atoms with van der Waals surface area (Å²) < 4.78 is 5.10. The van der Waals surface area contributed by atoms with Crippen LogP contribution in [0.15, 0.2) is 28.2 Å². The van der Waals surface area contributed by atoms with Gasteiger partial charge in [-0.05, 0) is 56.1 Å². The van der Waals surface area contributed by atoms with E-state index in [0.29, 0.717) is 12.3 Å². The lowest BCUT2D eigenvalue weighted by Crippen LogP contribution is -2.15. The van der Waals surface area contributed by atoms with E-state index in [1.165, 1.54) is 63.4 Å². The van der Waals surface area contributed by atoms with Crippen LogP contribution in [0.2, 0.25) is 0 Å². The summed E-state index contributed by atoms with van der Waals surface area (Å²) in [6, 6.07) is 2.05. The van der Waals surface area contributed by atoms with Crippen LogP contribution in [0.25, 0.3) is 0 Å². The van der Waals surface area contributed by atoms with Crippen molar-refractivity contribution >= 4 is 12.0 Å². The molecule has 2 atom stereocenters. The van der Waals surface area contributed by atoms with Gasteiger partial charge >= 0.3 is 0 Å². The van der Waals surface area contributed by atoms with Gasteiger partial charge in [0.2, 0.25) is 0 Å². The number of carbonyl (C=O) groups excluding carboxylic acids is 1. The van der Waals surface area contributed by atoms with E-state index in [-0.39, 0.29) is 0 Å². The van der Waals surface area contributed by atoms with E-state index >= 15 is 0 Å². The van der Waals surface area contributed by atoms with E-state index in [0.717, 1.165) is 30.8 Å². The minimum atomic E-state index is 0.538. The molecule has 0 unspecified atom stereocenters. The minimum Gasteiger partial charge on any atom is -0.472 e. The van der Waals surface area contributed by atoms with Gasteiger partial charge in [-0.15, -0.1) is 0 Å².